The van der Waals surface area contributed by atoms with E-state index in [9.17, 15) is 4.79 Å². The summed E-state index contributed by atoms with van der Waals surface area (Å²) in [5, 5.41) is 0. The first kappa shape index (κ1) is 9.73. The Morgan fingerprint density at radius 1 is 1.50 bits per heavy atom. The lowest BCUT2D eigenvalue weighted by Crippen LogP contribution is -2.34. The highest BCUT2D eigenvalue weighted by molar-refractivity contribution is 6.69. The third kappa shape index (κ3) is 2.60. The quantitative estimate of drug-likeness (QED) is 0.487. The van der Waals surface area contributed by atoms with Crippen molar-refractivity contribution in [1.29, 1.82) is 0 Å². The van der Waals surface area contributed by atoms with Gasteiger partial charge in [-0.2, -0.15) is 0 Å². The summed E-state index contributed by atoms with van der Waals surface area (Å²) < 4.78 is 10.6. The van der Waals surface area contributed by atoms with E-state index >= 15 is 0 Å². The first-order valence-electron chi connectivity index (χ1n) is 4.27. The minimum Gasteiger partial charge on any atom is -0.461 e. The third-order valence-electron chi connectivity index (χ3n) is 1.62. The molecule has 1 aliphatic rings. The van der Waals surface area contributed by atoms with E-state index in [4.69, 9.17) is 9.16 Å². The van der Waals surface area contributed by atoms with Gasteiger partial charge in [0.25, 0.3) is 0 Å². The molecule has 0 saturated carbocycles. The Morgan fingerprint density at radius 3 is 2.42 bits per heavy atom. The van der Waals surface area contributed by atoms with Crippen LogP contribution < -0.4 is 0 Å². The average Bonchev–Trinajstić information content (AvgIpc) is 2.06. The van der Waals surface area contributed by atoms with Gasteiger partial charge in [-0.15, -0.1) is 0 Å². The monoisotopic (exact) mass is 188 g/mol. The number of carbonyl (C=O) groups is 1. The molecule has 1 fully saturated rings. The average molecular weight is 188 g/mol. The molecule has 4 heteroatoms. The molecular formula is C8H16O3Si. The molecule has 1 rings (SSSR count). The van der Waals surface area contributed by atoms with Crippen LogP contribution in [0.15, 0.2) is 0 Å². The Kier molecular flexibility index (Phi) is 2.58. The van der Waals surface area contributed by atoms with Gasteiger partial charge in [-0.3, -0.25) is 0 Å². The van der Waals surface area contributed by atoms with Gasteiger partial charge in [0.15, 0.2) is 8.32 Å². The van der Waals surface area contributed by atoms with E-state index in [1.807, 2.05) is 6.92 Å². The number of ether oxygens (including phenoxy) is 1. The third-order valence-corrected chi connectivity index (χ3v) is 2.61. The molecule has 3 nitrogen and oxygen atoms in total. The second kappa shape index (κ2) is 3.18. The van der Waals surface area contributed by atoms with Gasteiger partial charge in [-0.1, -0.05) is 0 Å². The van der Waals surface area contributed by atoms with Gasteiger partial charge >= 0.3 is 5.97 Å². The molecule has 0 spiro atoms. The molecule has 0 aromatic carbocycles. The molecular weight excluding hydrogens is 172 g/mol. The van der Waals surface area contributed by atoms with Crippen molar-refractivity contribution in [2.24, 2.45) is 0 Å². The summed E-state index contributed by atoms with van der Waals surface area (Å²) in [6, 6.07) is 0. The van der Waals surface area contributed by atoms with E-state index < -0.39 is 8.32 Å². The zero-order chi connectivity index (χ0) is 9.35. The Labute approximate surface area is 74.2 Å². The van der Waals surface area contributed by atoms with Gasteiger partial charge in [0.05, 0.1) is 0 Å². The number of cyclic esters (lactones) is 1. The Hall–Kier alpha value is -0.353. The molecule has 0 aromatic rings. The Balaban J connectivity index is 2.49. The minimum absolute atomic E-state index is 0.0267. The fraction of sp³-hybridized carbons (Fsp3) is 0.875. The zero-order valence-electron chi connectivity index (χ0n) is 8.09. The van der Waals surface area contributed by atoms with Crippen LogP contribution in [-0.2, 0) is 14.0 Å². The smallest absolute Gasteiger partial charge is 0.334 e. The molecule has 0 radical (unpaired) electrons. The highest BCUT2D eigenvalue weighted by Gasteiger charge is 2.35. The largest absolute Gasteiger partial charge is 0.461 e. The lowest BCUT2D eigenvalue weighted by Gasteiger charge is -2.20. The van der Waals surface area contributed by atoms with Gasteiger partial charge in [0.2, 0.25) is 0 Å². The van der Waals surface area contributed by atoms with E-state index in [0.717, 1.165) is 0 Å². The van der Waals surface area contributed by atoms with Gasteiger partial charge < -0.3 is 9.16 Å². The van der Waals surface area contributed by atoms with Gasteiger partial charge in [-0.25, -0.2) is 4.79 Å². The van der Waals surface area contributed by atoms with Crippen LogP contribution in [-0.4, -0.2) is 26.5 Å². The van der Waals surface area contributed by atoms with Crippen molar-refractivity contribution in [3.63, 3.8) is 0 Å². The first-order valence-corrected chi connectivity index (χ1v) is 7.67. The molecule has 2 atom stereocenters. The molecule has 0 bridgehead atoms. The predicted molar refractivity (Wildman–Crippen MR) is 48.4 cm³/mol. The summed E-state index contributed by atoms with van der Waals surface area (Å²) in [6.07, 6.45) is 0.439. The van der Waals surface area contributed by atoms with Crippen molar-refractivity contribution in [2.45, 2.75) is 45.2 Å². The van der Waals surface area contributed by atoms with Crippen LogP contribution in [0.5, 0.6) is 0 Å². The second-order valence-corrected chi connectivity index (χ2v) is 8.66. The highest BCUT2D eigenvalue weighted by atomic mass is 28.4. The molecule has 1 heterocycles. The molecule has 70 valence electrons. The maximum absolute atomic E-state index is 11.1. The lowest BCUT2D eigenvalue weighted by atomic mass is 10.2. The van der Waals surface area contributed by atoms with Crippen LogP contribution in [0.1, 0.15) is 13.3 Å². The summed E-state index contributed by atoms with van der Waals surface area (Å²) in [6.45, 7) is 8.11. The summed E-state index contributed by atoms with van der Waals surface area (Å²) in [5.74, 6) is -0.190. The summed E-state index contributed by atoms with van der Waals surface area (Å²) >= 11 is 0. The van der Waals surface area contributed by atoms with Crippen LogP contribution in [0.2, 0.25) is 19.6 Å². The number of hydrogen-bond acceptors (Lipinski definition) is 3. The zero-order valence-corrected chi connectivity index (χ0v) is 9.09. The number of carbonyl (C=O) groups excluding carboxylic acids is 1. The molecule has 0 aliphatic carbocycles. The van der Waals surface area contributed by atoms with Gasteiger partial charge in [0.1, 0.15) is 12.2 Å². The van der Waals surface area contributed by atoms with Gasteiger partial charge in [0, 0.05) is 6.42 Å². The van der Waals surface area contributed by atoms with Gasteiger partial charge in [-0.05, 0) is 26.6 Å². The fourth-order valence-electron chi connectivity index (χ4n) is 1.24. The maximum Gasteiger partial charge on any atom is 0.334 e. The number of esters is 1. The van der Waals surface area contributed by atoms with E-state index in [1.165, 1.54) is 0 Å². The predicted octanol–water partition coefficient (Wildman–Crippen LogP) is 1.54. The molecule has 12 heavy (non-hydrogen) atoms. The van der Waals surface area contributed by atoms with Crippen molar-refractivity contribution in [3.8, 4) is 0 Å². The second-order valence-electron chi connectivity index (χ2n) is 4.20. The van der Waals surface area contributed by atoms with E-state index in [1.54, 1.807) is 0 Å². The fourth-order valence-corrected chi connectivity index (χ4v) is 2.29. The Bertz CT molecular complexity index is 185. The van der Waals surface area contributed by atoms with Crippen molar-refractivity contribution < 1.29 is 14.0 Å². The van der Waals surface area contributed by atoms with Crippen LogP contribution in [0.4, 0.5) is 0 Å². The van der Waals surface area contributed by atoms with Crippen molar-refractivity contribution in [2.75, 3.05) is 0 Å². The molecule has 0 N–H and O–H groups in total. The standard InChI is InChI=1S/C8H16O3Si/c1-6-5-7(8(9)10-6)11-12(2,3)4/h6-7H,5H2,1-4H3/t6-,7+/m0/s1. The summed E-state index contributed by atoms with van der Waals surface area (Å²) in [4.78, 5) is 11.1. The molecule has 1 saturated heterocycles. The normalized spacial score (nSPS) is 30.5. The Morgan fingerprint density at radius 2 is 2.08 bits per heavy atom. The number of rotatable bonds is 2. The van der Waals surface area contributed by atoms with Crippen LogP contribution in [0, 0.1) is 0 Å². The lowest BCUT2D eigenvalue weighted by molar-refractivity contribution is -0.146. The number of hydrogen-bond donors (Lipinski definition) is 0. The molecule has 0 unspecified atom stereocenters. The van der Waals surface area contributed by atoms with Crippen LogP contribution >= 0.6 is 0 Å². The van der Waals surface area contributed by atoms with E-state index in [2.05, 4.69) is 19.6 Å². The van der Waals surface area contributed by atoms with E-state index in [0.29, 0.717) is 6.42 Å². The first-order chi connectivity index (χ1) is 5.38. The maximum atomic E-state index is 11.1. The summed E-state index contributed by atoms with van der Waals surface area (Å²) in [5.41, 5.74) is 0. The highest BCUT2D eigenvalue weighted by Crippen LogP contribution is 2.20. The minimum atomic E-state index is -1.59. The van der Waals surface area contributed by atoms with Crippen molar-refractivity contribution in [1.82, 2.24) is 0 Å². The topological polar surface area (TPSA) is 35.5 Å². The van der Waals surface area contributed by atoms with Crippen molar-refractivity contribution >= 4 is 14.3 Å². The van der Waals surface area contributed by atoms with Crippen molar-refractivity contribution in [3.05, 3.63) is 0 Å². The molecule has 0 amide bonds. The molecule has 1 aliphatic heterocycles. The van der Waals surface area contributed by atoms with E-state index in [-0.39, 0.29) is 18.2 Å². The molecule has 0 aromatic heterocycles. The van der Waals surface area contributed by atoms with Crippen LogP contribution in [0.3, 0.4) is 0 Å². The SMILES string of the molecule is C[C@H]1C[C@@H](O[Si](C)(C)C)C(=O)O1. The van der Waals surface area contributed by atoms with Crippen LogP contribution in [0.25, 0.3) is 0 Å². The summed E-state index contributed by atoms with van der Waals surface area (Å²) in [7, 11) is -1.59.